The molecule has 0 aliphatic rings. The van der Waals surface area contributed by atoms with Crippen molar-refractivity contribution in [3.63, 3.8) is 0 Å². The number of aryl methyl sites for hydroxylation is 2. The van der Waals surface area contributed by atoms with Gasteiger partial charge in [-0.3, -0.25) is 4.79 Å². The Balaban J connectivity index is 2.60. The summed E-state index contributed by atoms with van der Waals surface area (Å²) in [6.07, 6.45) is 1.05. The third-order valence-corrected chi connectivity index (χ3v) is 2.01. The van der Waals surface area contributed by atoms with Gasteiger partial charge < -0.3 is 10.5 Å². The van der Waals surface area contributed by atoms with E-state index in [2.05, 4.69) is 0 Å². The lowest BCUT2D eigenvalue weighted by Gasteiger charge is -2.05. The van der Waals surface area contributed by atoms with Gasteiger partial charge in [-0.15, -0.1) is 0 Å². The van der Waals surface area contributed by atoms with Gasteiger partial charge in [0, 0.05) is 6.42 Å². The molecule has 1 rings (SSSR count). The van der Waals surface area contributed by atoms with Gasteiger partial charge in [-0.05, 0) is 50.1 Å². The van der Waals surface area contributed by atoms with Gasteiger partial charge in [0.1, 0.15) is 5.75 Å². The summed E-state index contributed by atoms with van der Waals surface area (Å²) in [5, 5.41) is 0. The molecule has 0 spiro atoms. The summed E-state index contributed by atoms with van der Waals surface area (Å²) in [5.74, 6) is 0.403. The average molecular weight is 207 g/mol. The lowest BCUT2D eigenvalue weighted by Crippen LogP contribution is -2.10. The van der Waals surface area contributed by atoms with Crippen molar-refractivity contribution >= 4 is 5.97 Å². The number of benzene rings is 1. The van der Waals surface area contributed by atoms with Gasteiger partial charge in [0.05, 0.1) is 0 Å². The van der Waals surface area contributed by atoms with Crippen LogP contribution >= 0.6 is 0 Å². The van der Waals surface area contributed by atoms with Crippen molar-refractivity contribution in [1.82, 2.24) is 0 Å². The zero-order chi connectivity index (χ0) is 11.3. The molecule has 0 saturated carbocycles. The fourth-order valence-electron chi connectivity index (χ4n) is 1.42. The quantitative estimate of drug-likeness (QED) is 0.606. The first kappa shape index (κ1) is 11.7. The van der Waals surface area contributed by atoms with Crippen LogP contribution in [-0.2, 0) is 4.79 Å². The van der Waals surface area contributed by atoms with Crippen LogP contribution in [0.2, 0.25) is 0 Å². The van der Waals surface area contributed by atoms with Crippen molar-refractivity contribution in [3.8, 4) is 5.75 Å². The van der Waals surface area contributed by atoms with Crippen LogP contribution in [0.15, 0.2) is 18.2 Å². The summed E-state index contributed by atoms with van der Waals surface area (Å²) in [7, 11) is 0. The predicted molar refractivity (Wildman–Crippen MR) is 59.8 cm³/mol. The van der Waals surface area contributed by atoms with E-state index in [1.807, 2.05) is 32.0 Å². The van der Waals surface area contributed by atoms with Crippen LogP contribution in [-0.4, -0.2) is 12.5 Å². The molecule has 0 radical (unpaired) electrons. The number of carbonyl (C=O) groups is 1. The Morgan fingerprint density at radius 3 is 2.40 bits per heavy atom. The Morgan fingerprint density at radius 1 is 1.27 bits per heavy atom. The van der Waals surface area contributed by atoms with Crippen LogP contribution in [0, 0.1) is 13.8 Å². The molecular weight excluding hydrogens is 190 g/mol. The largest absolute Gasteiger partial charge is 0.427 e. The Kier molecular flexibility index (Phi) is 4.31. The molecule has 0 atom stereocenters. The van der Waals surface area contributed by atoms with Crippen LogP contribution in [0.1, 0.15) is 24.0 Å². The van der Waals surface area contributed by atoms with Gasteiger partial charge in [-0.25, -0.2) is 0 Å². The maximum absolute atomic E-state index is 11.3. The zero-order valence-electron chi connectivity index (χ0n) is 9.25. The molecule has 0 aliphatic carbocycles. The molecule has 0 saturated heterocycles. The van der Waals surface area contributed by atoms with Gasteiger partial charge >= 0.3 is 5.97 Å². The number of nitrogens with two attached hydrogens (primary N) is 1. The molecule has 0 aliphatic heterocycles. The molecule has 1 aromatic carbocycles. The van der Waals surface area contributed by atoms with E-state index in [0.717, 1.165) is 11.1 Å². The third-order valence-electron chi connectivity index (χ3n) is 2.01. The molecule has 2 N–H and O–H groups in total. The molecule has 1 aromatic rings. The summed E-state index contributed by atoms with van der Waals surface area (Å²) >= 11 is 0. The van der Waals surface area contributed by atoms with E-state index < -0.39 is 0 Å². The molecule has 0 aromatic heterocycles. The predicted octanol–water partition coefficient (Wildman–Crippen LogP) is 1.95. The number of carbonyl (C=O) groups excluding carboxylic acids is 1. The molecule has 0 heterocycles. The minimum Gasteiger partial charge on any atom is -0.427 e. The number of hydrogen-bond donors (Lipinski definition) is 1. The molecule has 0 unspecified atom stereocenters. The van der Waals surface area contributed by atoms with E-state index in [9.17, 15) is 4.79 Å². The van der Waals surface area contributed by atoms with E-state index in [1.54, 1.807) is 0 Å². The molecule has 3 nitrogen and oxygen atoms in total. The fraction of sp³-hybridized carbons (Fsp3) is 0.417. The summed E-state index contributed by atoms with van der Waals surface area (Å²) in [6.45, 7) is 4.47. The van der Waals surface area contributed by atoms with Crippen molar-refractivity contribution in [2.75, 3.05) is 6.54 Å². The highest BCUT2D eigenvalue weighted by Crippen LogP contribution is 2.16. The smallest absolute Gasteiger partial charge is 0.311 e. The first-order valence-electron chi connectivity index (χ1n) is 5.11. The van der Waals surface area contributed by atoms with Crippen LogP contribution in [0.3, 0.4) is 0 Å². The maximum Gasteiger partial charge on any atom is 0.311 e. The molecule has 0 bridgehead atoms. The highest BCUT2D eigenvalue weighted by atomic mass is 16.5. The van der Waals surface area contributed by atoms with E-state index in [4.69, 9.17) is 10.5 Å². The lowest BCUT2D eigenvalue weighted by molar-refractivity contribution is -0.134. The Morgan fingerprint density at radius 2 is 1.87 bits per heavy atom. The fourth-order valence-corrected chi connectivity index (χ4v) is 1.42. The molecular formula is C12H17NO2. The molecule has 0 amide bonds. The minimum atomic E-state index is -0.217. The Labute approximate surface area is 90.2 Å². The Bertz CT molecular complexity index is 327. The number of esters is 1. The summed E-state index contributed by atoms with van der Waals surface area (Å²) in [6, 6.07) is 5.75. The molecule has 0 fully saturated rings. The van der Waals surface area contributed by atoms with Crippen LogP contribution in [0.5, 0.6) is 5.75 Å². The summed E-state index contributed by atoms with van der Waals surface area (Å²) < 4.78 is 5.18. The van der Waals surface area contributed by atoms with Crippen LogP contribution in [0.25, 0.3) is 0 Å². The van der Waals surface area contributed by atoms with Crippen LogP contribution < -0.4 is 10.5 Å². The maximum atomic E-state index is 11.3. The standard InChI is InChI=1S/C12H17NO2/c1-9-6-10(2)8-11(7-9)15-12(14)4-3-5-13/h6-8H,3-5,13H2,1-2H3. The minimum absolute atomic E-state index is 0.217. The zero-order valence-corrected chi connectivity index (χ0v) is 9.25. The second-order valence-corrected chi connectivity index (χ2v) is 3.69. The monoisotopic (exact) mass is 207 g/mol. The molecule has 15 heavy (non-hydrogen) atoms. The van der Waals surface area contributed by atoms with Gasteiger partial charge in [0.2, 0.25) is 0 Å². The van der Waals surface area contributed by atoms with E-state index in [0.29, 0.717) is 25.1 Å². The number of hydrogen-bond acceptors (Lipinski definition) is 3. The Hall–Kier alpha value is -1.35. The second-order valence-electron chi connectivity index (χ2n) is 3.69. The topological polar surface area (TPSA) is 52.3 Å². The lowest BCUT2D eigenvalue weighted by atomic mass is 10.1. The van der Waals surface area contributed by atoms with E-state index >= 15 is 0 Å². The van der Waals surface area contributed by atoms with Gasteiger partial charge in [0.25, 0.3) is 0 Å². The molecule has 3 heteroatoms. The van der Waals surface area contributed by atoms with Crippen molar-refractivity contribution in [1.29, 1.82) is 0 Å². The van der Waals surface area contributed by atoms with Gasteiger partial charge in [-0.2, -0.15) is 0 Å². The second kappa shape index (κ2) is 5.51. The summed E-state index contributed by atoms with van der Waals surface area (Å²) in [4.78, 5) is 11.3. The van der Waals surface area contributed by atoms with Crippen molar-refractivity contribution < 1.29 is 9.53 Å². The first-order valence-corrected chi connectivity index (χ1v) is 5.11. The van der Waals surface area contributed by atoms with Gasteiger partial charge in [0.15, 0.2) is 0 Å². The highest BCUT2D eigenvalue weighted by Gasteiger charge is 2.04. The third kappa shape index (κ3) is 4.13. The average Bonchev–Trinajstić information content (AvgIpc) is 2.13. The van der Waals surface area contributed by atoms with E-state index in [-0.39, 0.29) is 5.97 Å². The highest BCUT2D eigenvalue weighted by molar-refractivity contribution is 5.72. The summed E-state index contributed by atoms with van der Waals surface area (Å²) in [5.41, 5.74) is 7.50. The van der Waals surface area contributed by atoms with Crippen molar-refractivity contribution in [2.24, 2.45) is 5.73 Å². The SMILES string of the molecule is Cc1cc(C)cc(OC(=O)CCCN)c1. The molecule has 82 valence electrons. The van der Waals surface area contributed by atoms with Gasteiger partial charge in [-0.1, -0.05) is 6.07 Å². The van der Waals surface area contributed by atoms with Crippen molar-refractivity contribution in [3.05, 3.63) is 29.3 Å². The van der Waals surface area contributed by atoms with Crippen LogP contribution in [0.4, 0.5) is 0 Å². The number of ether oxygens (including phenoxy) is 1. The van der Waals surface area contributed by atoms with Crippen molar-refractivity contribution in [2.45, 2.75) is 26.7 Å². The van der Waals surface area contributed by atoms with E-state index in [1.165, 1.54) is 0 Å². The normalized spacial score (nSPS) is 10.1. The first-order chi connectivity index (χ1) is 7.11. The number of rotatable bonds is 4.